The predicted octanol–water partition coefficient (Wildman–Crippen LogP) is 3.80. The van der Waals surface area contributed by atoms with Gasteiger partial charge in [0.2, 0.25) is 0 Å². The lowest BCUT2D eigenvalue weighted by molar-refractivity contribution is 0.251. The Balaban J connectivity index is 1.90. The fourth-order valence-corrected chi connectivity index (χ4v) is 3.66. The Morgan fingerprint density at radius 1 is 1.20 bits per heavy atom. The number of nitrogens with zero attached hydrogens (tertiary/aromatic N) is 3. The van der Waals surface area contributed by atoms with Crippen molar-refractivity contribution in [2.24, 2.45) is 5.41 Å². The molecule has 0 radical (unpaired) electrons. The summed E-state index contributed by atoms with van der Waals surface area (Å²) in [5, 5.41) is 0.684. The summed E-state index contributed by atoms with van der Waals surface area (Å²) in [7, 11) is 0. The summed E-state index contributed by atoms with van der Waals surface area (Å²) >= 11 is 6.46. The number of likely N-dealkylation sites (tertiary alicyclic amines) is 1. The average molecular weight is 294 g/mol. The fraction of sp³-hybridized carbons (Fsp3) is 0.750. The van der Waals surface area contributed by atoms with Crippen molar-refractivity contribution in [2.45, 2.75) is 58.9 Å². The molecule has 0 aromatic carbocycles. The SMILES string of the molecule is C[C@@H](c1nc(Cl)c2c(n1)CCC(C)(C)C2)N1CCCC1. The monoisotopic (exact) mass is 293 g/mol. The van der Waals surface area contributed by atoms with E-state index in [0.29, 0.717) is 10.6 Å². The first-order valence-corrected chi connectivity index (χ1v) is 8.13. The molecule has 0 spiro atoms. The average Bonchev–Trinajstić information content (AvgIpc) is 2.92. The first-order chi connectivity index (χ1) is 9.46. The van der Waals surface area contributed by atoms with Crippen LogP contribution in [0.3, 0.4) is 0 Å². The van der Waals surface area contributed by atoms with E-state index in [1.807, 2.05) is 0 Å². The molecule has 3 rings (SSSR count). The number of fused-ring (bicyclic) bond motifs is 1. The molecule has 1 aromatic heterocycles. The molecule has 1 saturated heterocycles. The van der Waals surface area contributed by atoms with E-state index in [1.54, 1.807) is 0 Å². The van der Waals surface area contributed by atoms with Gasteiger partial charge in [-0.3, -0.25) is 4.90 Å². The molecule has 0 bridgehead atoms. The van der Waals surface area contributed by atoms with Crippen LogP contribution in [-0.4, -0.2) is 28.0 Å². The first kappa shape index (κ1) is 14.3. The molecular formula is C16H24ClN3. The van der Waals surface area contributed by atoms with Crippen molar-refractivity contribution in [3.63, 3.8) is 0 Å². The van der Waals surface area contributed by atoms with Crippen molar-refractivity contribution in [2.75, 3.05) is 13.1 Å². The predicted molar refractivity (Wildman–Crippen MR) is 82.1 cm³/mol. The summed E-state index contributed by atoms with van der Waals surface area (Å²) < 4.78 is 0. The second kappa shape index (κ2) is 5.27. The van der Waals surface area contributed by atoms with E-state index >= 15 is 0 Å². The summed E-state index contributed by atoms with van der Waals surface area (Å²) in [5.74, 6) is 0.912. The van der Waals surface area contributed by atoms with Crippen LogP contribution in [0.15, 0.2) is 0 Å². The Hall–Kier alpha value is -0.670. The minimum atomic E-state index is 0.287. The minimum Gasteiger partial charge on any atom is -0.294 e. The second-order valence-corrected chi connectivity index (χ2v) is 7.42. The molecular weight excluding hydrogens is 270 g/mol. The molecule has 110 valence electrons. The molecule has 1 atom stereocenters. The van der Waals surface area contributed by atoms with Crippen molar-refractivity contribution >= 4 is 11.6 Å². The van der Waals surface area contributed by atoms with Crippen LogP contribution in [0, 0.1) is 5.41 Å². The van der Waals surface area contributed by atoms with Gasteiger partial charge >= 0.3 is 0 Å². The van der Waals surface area contributed by atoms with Crippen LogP contribution >= 0.6 is 11.6 Å². The third kappa shape index (κ3) is 2.71. The fourth-order valence-electron chi connectivity index (χ4n) is 3.40. The number of hydrogen-bond acceptors (Lipinski definition) is 3. The molecule has 1 fully saturated rings. The van der Waals surface area contributed by atoms with Gasteiger partial charge in [0.1, 0.15) is 11.0 Å². The smallest absolute Gasteiger partial charge is 0.147 e. The lowest BCUT2D eigenvalue weighted by Crippen LogP contribution is -2.28. The lowest BCUT2D eigenvalue weighted by Gasteiger charge is -2.32. The largest absolute Gasteiger partial charge is 0.294 e. The molecule has 4 heteroatoms. The highest BCUT2D eigenvalue weighted by Gasteiger charge is 2.30. The number of aromatic nitrogens is 2. The molecule has 0 unspecified atom stereocenters. The highest BCUT2D eigenvalue weighted by Crippen LogP contribution is 2.37. The summed E-state index contributed by atoms with van der Waals surface area (Å²) in [6.45, 7) is 9.12. The molecule has 1 aliphatic carbocycles. The molecule has 3 nitrogen and oxygen atoms in total. The van der Waals surface area contributed by atoms with Crippen LogP contribution < -0.4 is 0 Å². The van der Waals surface area contributed by atoms with Gasteiger partial charge in [0, 0.05) is 11.3 Å². The van der Waals surface area contributed by atoms with Crippen molar-refractivity contribution < 1.29 is 0 Å². The van der Waals surface area contributed by atoms with E-state index in [4.69, 9.17) is 16.6 Å². The van der Waals surface area contributed by atoms with Gasteiger partial charge in [0.25, 0.3) is 0 Å². The summed E-state index contributed by atoms with van der Waals surface area (Å²) in [5.41, 5.74) is 2.69. The Bertz CT molecular complexity index is 507. The van der Waals surface area contributed by atoms with Gasteiger partial charge in [-0.1, -0.05) is 25.4 Å². The number of aryl methyl sites for hydroxylation is 1. The van der Waals surface area contributed by atoms with Crippen molar-refractivity contribution in [1.82, 2.24) is 14.9 Å². The maximum atomic E-state index is 6.46. The minimum absolute atomic E-state index is 0.287. The van der Waals surface area contributed by atoms with Crippen LogP contribution in [0.5, 0.6) is 0 Å². The molecule has 0 saturated carbocycles. The molecule has 0 amide bonds. The van der Waals surface area contributed by atoms with Gasteiger partial charge in [-0.2, -0.15) is 0 Å². The summed E-state index contributed by atoms with van der Waals surface area (Å²) in [6.07, 6.45) is 5.79. The van der Waals surface area contributed by atoms with E-state index < -0.39 is 0 Å². The van der Waals surface area contributed by atoms with Crippen LogP contribution in [0.4, 0.5) is 0 Å². The van der Waals surface area contributed by atoms with Crippen LogP contribution in [0.1, 0.15) is 63.2 Å². The Kier molecular flexibility index (Phi) is 3.76. The highest BCUT2D eigenvalue weighted by atomic mass is 35.5. The van der Waals surface area contributed by atoms with E-state index in [1.165, 1.54) is 30.5 Å². The Labute approximate surface area is 126 Å². The van der Waals surface area contributed by atoms with Crippen molar-refractivity contribution in [1.29, 1.82) is 0 Å². The number of hydrogen-bond donors (Lipinski definition) is 0. The second-order valence-electron chi connectivity index (χ2n) is 7.06. The van der Waals surface area contributed by atoms with Crippen molar-refractivity contribution in [3.05, 3.63) is 22.2 Å². The van der Waals surface area contributed by atoms with E-state index in [2.05, 4.69) is 30.7 Å². The van der Waals surface area contributed by atoms with Crippen molar-refractivity contribution in [3.8, 4) is 0 Å². The normalized spacial score (nSPS) is 23.6. The standard InChI is InChI=1S/C16H24ClN3/c1-11(20-8-4-5-9-20)15-18-13-6-7-16(2,3)10-12(13)14(17)19-15/h11H,4-10H2,1-3H3/t11-/m0/s1. The Morgan fingerprint density at radius 3 is 2.60 bits per heavy atom. The van der Waals surface area contributed by atoms with E-state index in [-0.39, 0.29) is 6.04 Å². The quantitative estimate of drug-likeness (QED) is 0.777. The third-order valence-electron chi connectivity index (χ3n) is 4.82. The molecule has 1 aromatic rings. The summed E-state index contributed by atoms with van der Waals surface area (Å²) in [6, 6.07) is 0.287. The van der Waals surface area contributed by atoms with E-state index in [0.717, 1.165) is 31.8 Å². The molecule has 2 heterocycles. The Morgan fingerprint density at radius 2 is 1.90 bits per heavy atom. The van der Waals surface area contributed by atoms with E-state index in [9.17, 15) is 0 Å². The molecule has 20 heavy (non-hydrogen) atoms. The highest BCUT2D eigenvalue weighted by molar-refractivity contribution is 6.30. The zero-order valence-electron chi connectivity index (χ0n) is 12.7. The summed E-state index contributed by atoms with van der Waals surface area (Å²) in [4.78, 5) is 11.9. The molecule has 1 aliphatic heterocycles. The van der Waals surface area contributed by atoms with Gasteiger partial charge in [0.05, 0.1) is 6.04 Å². The molecule has 2 aliphatic rings. The number of rotatable bonds is 2. The van der Waals surface area contributed by atoms with Gasteiger partial charge in [0.15, 0.2) is 0 Å². The van der Waals surface area contributed by atoms with Crippen LogP contribution in [-0.2, 0) is 12.8 Å². The zero-order chi connectivity index (χ0) is 14.3. The van der Waals surface area contributed by atoms with Crippen LogP contribution in [0.2, 0.25) is 5.15 Å². The maximum Gasteiger partial charge on any atom is 0.147 e. The molecule has 0 N–H and O–H groups in total. The number of halogens is 1. The van der Waals surface area contributed by atoms with Gasteiger partial charge in [-0.05, 0) is 57.5 Å². The van der Waals surface area contributed by atoms with Gasteiger partial charge < -0.3 is 0 Å². The zero-order valence-corrected chi connectivity index (χ0v) is 13.5. The maximum absolute atomic E-state index is 6.46. The topological polar surface area (TPSA) is 29.0 Å². The first-order valence-electron chi connectivity index (χ1n) is 7.75. The lowest BCUT2D eigenvalue weighted by atomic mass is 9.76. The van der Waals surface area contributed by atoms with Gasteiger partial charge in [-0.15, -0.1) is 0 Å². The van der Waals surface area contributed by atoms with Crippen LogP contribution in [0.25, 0.3) is 0 Å². The third-order valence-corrected chi connectivity index (χ3v) is 5.13. The van der Waals surface area contributed by atoms with Gasteiger partial charge in [-0.25, -0.2) is 9.97 Å².